The first-order valence-electron chi connectivity index (χ1n) is 5.11. The van der Waals surface area contributed by atoms with Gasteiger partial charge in [-0.25, -0.2) is 0 Å². The second kappa shape index (κ2) is 3.29. The van der Waals surface area contributed by atoms with Gasteiger partial charge in [0, 0.05) is 18.9 Å². The Balaban J connectivity index is 2.45. The Hall–Kier alpha value is 0.100. The van der Waals surface area contributed by atoms with Crippen LogP contribution < -0.4 is 0 Å². The number of aliphatic hydroxyl groups excluding tert-OH is 1. The van der Waals surface area contributed by atoms with Crippen LogP contribution in [0.3, 0.4) is 0 Å². The molecule has 0 aromatic rings. The number of ether oxygens (including phenoxy) is 2. The molecule has 0 aliphatic carbocycles. The highest BCUT2D eigenvalue weighted by molar-refractivity contribution is 9.09. The number of rotatable bonds is 2. The Kier molecular flexibility index (Phi) is 2.54. The molecule has 2 heterocycles. The molecule has 0 amide bonds. The van der Waals surface area contributed by atoms with Gasteiger partial charge in [-0.1, -0.05) is 28.1 Å². The first-order chi connectivity index (χ1) is 6.91. The number of hydrogen-bond acceptors (Lipinski definition) is 3. The Morgan fingerprint density at radius 1 is 1.53 bits per heavy atom. The molecule has 1 fully saturated rings. The van der Waals surface area contributed by atoms with Crippen LogP contribution >= 0.6 is 15.9 Å². The fraction of sp³-hybridized carbons (Fsp3) is 0.818. The third-order valence-corrected chi connectivity index (χ3v) is 4.57. The van der Waals surface area contributed by atoms with Crippen LogP contribution in [0.4, 0.5) is 0 Å². The van der Waals surface area contributed by atoms with Gasteiger partial charge in [-0.15, -0.1) is 0 Å². The summed E-state index contributed by atoms with van der Waals surface area (Å²) in [5, 5.41) is 10.8. The van der Waals surface area contributed by atoms with Crippen LogP contribution in [-0.2, 0) is 9.47 Å². The number of halogens is 1. The molecular formula is C11H17BrO3. The van der Waals surface area contributed by atoms with E-state index < -0.39 is 17.3 Å². The minimum atomic E-state index is -0.695. The Morgan fingerprint density at radius 3 is 2.73 bits per heavy atom. The van der Waals surface area contributed by atoms with Gasteiger partial charge in [0.1, 0.15) is 11.2 Å². The van der Waals surface area contributed by atoms with E-state index in [1.165, 1.54) is 0 Å². The molecule has 2 rings (SSSR count). The summed E-state index contributed by atoms with van der Waals surface area (Å²) in [6.45, 7) is 3.95. The molecule has 2 aliphatic heterocycles. The van der Waals surface area contributed by atoms with Crippen LogP contribution in [0.1, 0.15) is 20.3 Å². The number of hydrogen-bond donors (Lipinski definition) is 1. The minimum absolute atomic E-state index is 0.349. The van der Waals surface area contributed by atoms with Crippen LogP contribution in [0.5, 0.6) is 0 Å². The van der Waals surface area contributed by atoms with Gasteiger partial charge in [-0.2, -0.15) is 0 Å². The summed E-state index contributed by atoms with van der Waals surface area (Å²) in [7, 11) is 1.62. The SMILES string of the molecule is CO[C@]1(CBr)[C@@H](O)C[C@@]2(C)C=C[C@]1(C)O2. The third kappa shape index (κ3) is 1.35. The summed E-state index contributed by atoms with van der Waals surface area (Å²) in [5.74, 6) is 0. The monoisotopic (exact) mass is 276 g/mol. The molecule has 2 aliphatic rings. The van der Waals surface area contributed by atoms with Gasteiger partial charge in [0.05, 0.1) is 11.7 Å². The van der Waals surface area contributed by atoms with Crippen molar-refractivity contribution in [3.05, 3.63) is 12.2 Å². The minimum Gasteiger partial charge on any atom is -0.390 e. The quantitative estimate of drug-likeness (QED) is 0.616. The van der Waals surface area contributed by atoms with Crippen molar-refractivity contribution in [3.8, 4) is 0 Å². The van der Waals surface area contributed by atoms with E-state index in [1.807, 2.05) is 26.0 Å². The first kappa shape index (κ1) is 11.6. The van der Waals surface area contributed by atoms with Crippen molar-refractivity contribution in [1.29, 1.82) is 0 Å². The van der Waals surface area contributed by atoms with Gasteiger partial charge in [-0.3, -0.25) is 0 Å². The maximum Gasteiger partial charge on any atom is 0.135 e. The average molecular weight is 277 g/mol. The molecule has 0 saturated carbocycles. The molecule has 1 saturated heterocycles. The highest BCUT2D eigenvalue weighted by Crippen LogP contribution is 2.50. The maximum absolute atomic E-state index is 10.3. The van der Waals surface area contributed by atoms with Gasteiger partial charge < -0.3 is 14.6 Å². The lowest BCUT2D eigenvalue weighted by molar-refractivity contribution is -0.261. The van der Waals surface area contributed by atoms with Crippen molar-refractivity contribution in [3.63, 3.8) is 0 Å². The third-order valence-electron chi connectivity index (χ3n) is 3.74. The van der Waals surface area contributed by atoms with Crippen LogP contribution in [0.2, 0.25) is 0 Å². The second-order valence-corrected chi connectivity index (χ2v) is 5.36. The normalized spacial score (nSPS) is 53.5. The largest absolute Gasteiger partial charge is 0.390 e. The lowest BCUT2D eigenvalue weighted by Gasteiger charge is -2.52. The molecule has 2 bridgehead atoms. The number of methoxy groups -OCH3 is 1. The number of aliphatic hydroxyl groups is 1. The highest BCUT2D eigenvalue weighted by Gasteiger charge is 2.62. The van der Waals surface area contributed by atoms with Gasteiger partial charge >= 0.3 is 0 Å². The topological polar surface area (TPSA) is 38.7 Å². The molecule has 0 radical (unpaired) electrons. The summed E-state index contributed by atoms with van der Waals surface area (Å²) in [6.07, 6.45) is 4.08. The van der Waals surface area contributed by atoms with E-state index in [9.17, 15) is 5.11 Å². The predicted octanol–water partition coefficient (Wildman–Crippen LogP) is 1.63. The Labute approximate surface area is 98.6 Å². The summed E-state index contributed by atoms with van der Waals surface area (Å²) in [6, 6.07) is 0. The standard InChI is InChI=1S/C11H17BrO3/c1-9-4-5-10(2,15-9)11(7-12,14-3)8(13)6-9/h4-5,8,13H,6-7H2,1-3H3/t8-,9+,10-,11+/m0/s1. The van der Waals surface area contributed by atoms with E-state index in [4.69, 9.17) is 9.47 Å². The van der Waals surface area contributed by atoms with Crippen molar-refractivity contribution in [2.24, 2.45) is 0 Å². The highest BCUT2D eigenvalue weighted by atomic mass is 79.9. The van der Waals surface area contributed by atoms with Gasteiger partial charge in [0.2, 0.25) is 0 Å². The smallest absolute Gasteiger partial charge is 0.135 e. The van der Waals surface area contributed by atoms with Crippen molar-refractivity contribution in [2.75, 3.05) is 12.4 Å². The predicted molar refractivity (Wildman–Crippen MR) is 61.2 cm³/mol. The van der Waals surface area contributed by atoms with E-state index in [1.54, 1.807) is 7.11 Å². The zero-order valence-electron chi connectivity index (χ0n) is 9.29. The lowest BCUT2D eigenvalue weighted by atomic mass is 9.77. The van der Waals surface area contributed by atoms with E-state index >= 15 is 0 Å². The van der Waals surface area contributed by atoms with E-state index in [0.29, 0.717) is 11.8 Å². The van der Waals surface area contributed by atoms with Crippen molar-refractivity contribution in [1.82, 2.24) is 0 Å². The van der Waals surface area contributed by atoms with Gasteiger partial charge in [-0.05, 0) is 13.8 Å². The van der Waals surface area contributed by atoms with Gasteiger partial charge in [0.25, 0.3) is 0 Å². The summed E-state index contributed by atoms with van der Waals surface area (Å²) >= 11 is 3.42. The Morgan fingerprint density at radius 2 is 2.20 bits per heavy atom. The fourth-order valence-corrected chi connectivity index (χ4v) is 3.88. The van der Waals surface area contributed by atoms with Crippen molar-refractivity contribution >= 4 is 15.9 Å². The fourth-order valence-electron chi connectivity index (χ4n) is 2.72. The van der Waals surface area contributed by atoms with Crippen LogP contribution in [0.15, 0.2) is 12.2 Å². The number of fused-ring (bicyclic) bond motifs is 2. The summed E-state index contributed by atoms with van der Waals surface area (Å²) < 4.78 is 11.6. The lowest BCUT2D eigenvalue weighted by Crippen LogP contribution is -2.67. The second-order valence-electron chi connectivity index (χ2n) is 4.80. The first-order valence-corrected chi connectivity index (χ1v) is 6.23. The molecule has 4 heteroatoms. The van der Waals surface area contributed by atoms with Crippen LogP contribution in [0, 0.1) is 0 Å². The molecule has 86 valence electrons. The van der Waals surface area contributed by atoms with Crippen LogP contribution in [-0.4, -0.2) is 40.5 Å². The van der Waals surface area contributed by atoms with E-state index in [2.05, 4.69) is 15.9 Å². The molecule has 4 atom stereocenters. The molecule has 3 nitrogen and oxygen atoms in total. The molecule has 0 aromatic heterocycles. The summed E-state index contributed by atoms with van der Waals surface area (Å²) in [5.41, 5.74) is -1.60. The zero-order chi connectivity index (χ0) is 11.3. The maximum atomic E-state index is 10.3. The van der Waals surface area contributed by atoms with Crippen molar-refractivity contribution < 1.29 is 14.6 Å². The number of alkyl halides is 1. The summed E-state index contributed by atoms with van der Waals surface area (Å²) in [4.78, 5) is 0. The van der Waals surface area contributed by atoms with E-state index in [0.717, 1.165) is 0 Å². The molecule has 0 aromatic carbocycles. The molecule has 0 unspecified atom stereocenters. The van der Waals surface area contributed by atoms with Crippen molar-refractivity contribution in [2.45, 2.75) is 43.2 Å². The zero-order valence-corrected chi connectivity index (χ0v) is 10.9. The molecule has 1 N–H and O–H groups in total. The molecule has 15 heavy (non-hydrogen) atoms. The Bertz CT molecular complexity index is 300. The van der Waals surface area contributed by atoms with E-state index in [-0.39, 0.29) is 5.60 Å². The average Bonchev–Trinajstić information content (AvgIpc) is 2.42. The molecular weight excluding hydrogens is 260 g/mol. The van der Waals surface area contributed by atoms with Crippen LogP contribution in [0.25, 0.3) is 0 Å². The molecule has 0 spiro atoms. The van der Waals surface area contributed by atoms with Gasteiger partial charge in [0.15, 0.2) is 0 Å².